The second-order valence-corrected chi connectivity index (χ2v) is 5.65. The zero-order valence-electron chi connectivity index (χ0n) is 12.0. The second kappa shape index (κ2) is 5.83. The highest BCUT2D eigenvalue weighted by atomic mass is 16.5. The third kappa shape index (κ3) is 2.66. The zero-order chi connectivity index (χ0) is 13.9. The SMILES string of the molecule is COC1CCCN(C(=O)c2ccc3c(c2)CCCN3)C1. The van der Waals surface area contributed by atoms with E-state index < -0.39 is 0 Å². The highest BCUT2D eigenvalue weighted by Gasteiger charge is 2.24. The normalized spacial score (nSPS) is 22.1. The minimum absolute atomic E-state index is 0.139. The Kier molecular flexibility index (Phi) is 3.92. The molecule has 0 spiro atoms. The summed E-state index contributed by atoms with van der Waals surface area (Å²) in [5.41, 5.74) is 3.26. The molecule has 0 bridgehead atoms. The molecular weight excluding hydrogens is 252 g/mol. The summed E-state index contributed by atoms with van der Waals surface area (Å²) >= 11 is 0. The molecule has 3 rings (SSSR count). The molecule has 0 aliphatic carbocycles. The minimum atomic E-state index is 0.139. The number of hydrogen-bond acceptors (Lipinski definition) is 3. The Morgan fingerprint density at radius 1 is 1.40 bits per heavy atom. The summed E-state index contributed by atoms with van der Waals surface area (Å²) in [6.45, 7) is 2.58. The minimum Gasteiger partial charge on any atom is -0.385 e. The van der Waals surface area contributed by atoms with Gasteiger partial charge >= 0.3 is 0 Å². The number of likely N-dealkylation sites (tertiary alicyclic amines) is 1. The monoisotopic (exact) mass is 274 g/mol. The van der Waals surface area contributed by atoms with Crippen LogP contribution in [0.15, 0.2) is 18.2 Å². The number of carbonyl (C=O) groups is 1. The molecule has 2 aliphatic heterocycles. The molecule has 1 amide bonds. The Balaban J connectivity index is 1.76. The molecule has 1 fully saturated rings. The van der Waals surface area contributed by atoms with E-state index in [-0.39, 0.29) is 12.0 Å². The lowest BCUT2D eigenvalue weighted by Crippen LogP contribution is -2.42. The van der Waals surface area contributed by atoms with Gasteiger partial charge in [-0.05, 0) is 49.4 Å². The molecule has 2 aliphatic rings. The molecule has 1 aromatic rings. The van der Waals surface area contributed by atoms with Crippen molar-refractivity contribution in [1.82, 2.24) is 4.90 Å². The van der Waals surface area contributed by atoms with Crippen LogP contribution in [0.4, 0.5) is 5.69 Å². The molecule has 0 aromatic heterocycles. The van der Waals surface area contributed by atoms with Gasteiger partial charge in [0.1, 0.15) is 0 Å². The molecule has 1 N–H and O–H groups in total. The fourth-order valence-electron chi connectivity index (χ4n) is 3.11. The number of rotatable bonds is 2. The Labute approximate surface area is 120 Å². The number of ether oxygens (including phenoxy) is 1. The summed E-state index contributed by atoms with van der Waals surface area (Å²) < 4.78 is 5.39. The summed E-state index contributed by atoms with van der Waals surface area (Å²) in [4.78, 5) is 14.5. The van der Waals surface area contributed by atoms with Gasteiger partial charge in [0, 0.05) is 38.0 Å². The van der Waals surface area contributed by atoms with Crippen molar-refractivity contribution in [3.05, 3.63) is 29.3 Å². The van der Waals surface area contributed by atoms with Crippen molar-refractivity contribution in [3.63, 3.8) is 0 Å². The molecule has 1 saturated heterocycles. The fourth-order valence-corrected chi connectivity index (χ4v) is 3.11. The van der Waals surface area contributed by atoms with Gasteiger partial charge in [-0.15, -0.1) is 0 Å². The molecule has 1 aromatic carbocycles. The van der Waals surface area contributed by atoms with Gasteiger partial charge in [-0.2, -0.15) is 0 Å². The van der Waals surface area contributed by atoms with Gasteiger partial charge in [-0.3, -0.25) is 4.79 Å². The van der Waals surface area contributed by atoms with E-state index >= 15 is 0 Å². The lowest BCUT2D eigenvalue weighted by molar-refractivity contribution is 0.0269. The van der Waals surface area contributed by atoms with Crippen molar-refractivity contribution in [1.29, 1.82) is 0 Å². The number of piperidine rings is 1. The number of amides is 1. The maximum absolute atomic E-state index is 12.6. The number of aryl methyl sites for hydroxylation is 1. The first-order valence-electron chi connectivity index (χ1n) is 7.47. The van der Waals surface area contributed by atoms with Gasteiger partial charge in [0.2, 0.25) is 0 Å². The molecule has 2 heterocycles. The topological polar surface area (TPSA) is 41.6 Å². The smallest absolute Gasteiger partial charge is 0.253 e. The van der Waals surface area contributed by atoms with Crippen LogP contribution in [0.2, 0.25) is 0 Å². The van der Waals surface area contributed by atoms with E-state index in [9.17, 15) is 4.79 Å². The van der Waals surface area contributed by atoms with Crippen LogP contribution in [-0.2, 0) is 11.2 Å². The molecule has 108 valence electrons. The van der Waals surface area contributed by atoms with E-state index in [0.29, 0.717) is 6.54 Å². The second-order valence-electron chi connectivity index (χ2n) is 5.65. The summed E-state index contributed by atoms with van der Waals surface area (Å²) in [5, 5.41) is 3.38. The Hall–Kier alpha value is -1.55. The Bertz CT molecular complexity index is 501. The van der Waals surface area contributed by atoms with E-state index in [4.69, 9.17) is 4.74 Å². The van der Waals surface area contributed by atoms with Gasteiger partial charge in [-0.25, -0.2) is 0 Å². The van der Waals surface area contributed by atoms with E-state index in [1.807, 2.05) is 17.0 Å². The number of anilines is 1. The largest absolute Gasteiger partial charge is 0.385 e. The quantitative estimate of drug-likeness (QED) is 0.899. The first-order valence-corrected chi connectivity index (χ1v) is 7.47. The average Bonchev–Trinajstić information content (AvgIpc) is 2.53. The van der Waals surface area contributed by atoms with Crippen LogP contribution in [0, 0.1) is 0 Å². The molecule has 0 saturated carbocycles. The number of nitrogens with zero attached hydrogens (tertiary/aromatic N) is 1. The summed E-state index contributed by atoms with van der Waals surface area (Å²) in [6.07, 6.45) is 4.46. The van der Waals surface area contributed by atoms with Crippen LogP contribution in [0.5, 0.6) is 0 Å². The van der Waals surface area contributed by atoms with Crippen molar-refractivity contribution in [3.8, 4) is 0 Å². The standard InChI is InChI=1S/C16H22N2O2/c1-20-14-5-3-9-18(11-14)16(19)13-6-7-15-12(10-13)4-2-8-17-15/h6-7,10,14,17H,2-5,8-9,11H2,1H3. The number of methoxy groups -OCH3 is 1. The van der Waals surface area contributed by atoms with Gasteiger partial charge < -0.3 is 15.0 Å². The highest BCUT2D eigenvalue weighted by molar-refractivity contribution is 5.95. The predicted octanol–water partition coefficient (Wildman–Crippen LogP) is 2.30. The fraction of sp³-hybridized carbons (Fsp3) is 0.562. The Morgan fingerprint density at radius 2 is 2.30 bits per heavy atom. The van der Waals surface area contributed by atoms with Crippen LogP contribution in [0.3, 0.4) is 0 Å². The van der Waals surface area contributed by atoms with Crippen LogP contribution < -0.4 is 5.32 Å². The van der Waals surface area contributed by atoms with Crippen LogP contribution in [-0.4, -0.2) is 43.7 Å². The van der Waals surface area contributed by atoms with Gasteiger partial charge in [0.15, 0.2) is 0 Å². The van der Waals surface area contributed by atoms with E-state index in [1.165, 1.54) is 11.3 Å². The van der Waals surface area contributed by atoms with Crippen molar-refractivity contribution in [2.45, 2.75) is 31.8 Å². The first-order chi connectivity index (χ1) is 9.78. The maximum Gasteiger partial charge on any atom is 0.253 e. The molecule has 1 unspecified atom stereocenters. The van der Waals surface area contributed by atoms with Gasteiger partial charge in [0.05, 0.1) is 6.10 Å². The number of benzene rings is 1. The molecule has 0 radical (unpaired) electrons. The molecule has 4 heteroatoms. The number of fused-ring (bicyclic) bond motifs is 1. The Morgan fingerprint density at radius 3 is 3.15 bits per heavy atom. The van der Waals surface area contributed by atoms with Crippen LogP contribution >= 0.6 is 0 Å². The average molecular weight is 274 g/mol. The number of nitrogens with one attached hydrogen (secondary N) is 1. The number of hydrogen-bond donors (Lipinski definition) is 1. The lowest BCUT2D eigenvalue weighted by atomic mass is 9.99. The van der Waals surface area contributed by atoms with Crippen LogP contribution in [0.1, 0.15) is 35.2 Å². The summed E-state index contributed by atoms with van der Waals surface area (Å²) in [6, 6.07) is 6.04. The third-order valence-electron chi connectivity index (χ3n) is 4.29. The highest BCUT2D eigenvalue weighted by Crippen LogP contribution is 2.24. The maximum atomic E-state index is 12.6. The summed E-state index contributed by atoms with van der Waals surface area (Å²) in [5.74, 6) is 0.139. The van der Waals surface area contributed by atoms with Gasteiger partial charge in [-0.1, -0.05) is 0 Å². The van der Waals surface area contributed by atoms with Crippen LogP contribution in [0.25, 0.3) is 0 Å². The zero-order valence-corrected chi connectivity index (χ0v) is 12.0. The predicted molar refractivity (Wildman–Crippen MR) is 79.2 cm³/mol. The van der Waals surface area contributed by atoms with E-state index in [1.54, 1.807) is 7.11 Å². The molecule has 20 heavy (non-hydrogen) atoms. The molecule has 1 atom stereocenters. The van der Waals surface area contributed by atoms with Crippen molar-refractivity contribution < 1.29 is 9.53 Å². The third-order valence-corrected chi connectivity index (χ3v) is 4.29. The van der Waals surface area contributed by atoms with E-state index in [0.717, 1.165) is 44.3 Å². The van der Waals surface area contributed by atoms with E-state index in [2.05, 4.69) is 11.4 Å². The number of carbonyl (C=O) groups excluding carboxylic acids is 1. The summed E-state index contributed by atoms with van der Waals surface area (Å²) in [7, 11) is 1.73. The van der Waals surface area contributed by atoms with Crippen molar-refractivity contribution in [2.75, 3.05) is 32.1 Å². The van der Waals surface area contributed by atoms with Gasteiger partial charge in [0.25, 0.3) is 5.91 Å². The first kappa shape index (κ1) is 13.4. The van der Waals surface area contributed by atoms with Crippen molar-refractivity contribution in [2.24, 2.45) is 0 Å². The molecular formula is C16H22N2O2. The molecule has 4 nitrogen and oxygen atoms in total. The van der Waals surface area contributed by atoms with Crippen molar-refractivity contribution >= 4 is 11.6 Å². The lowest BCUT2D eigenvalue weighted by Gasteiger charge is -2.32.